The number of hydrogen-bond donors (Lipinski definition) is 0. The van der Waals surface area contributed by atoms with Gasteiger partial charge in [-0.05, 0) is 6.07 Å². The highest BCUT2D eigenvalue weighted by atomic mass is 16.5. The molecule has 22 heavy (non-hydrogen) atoms. The third-order valence-electron chi connectivity index (χ3n) is 3.55. The average Bonchev–Trinajstić information content (AvgIpc) is 3.18. The van der Waals surface area contributed by atoms with E-state index >= 15 is 0 Å². The lowest BCUT2D eigenvalue weighted by atomic mass is 10.3. The molecule has 116 valence electrons. The molecule has 7 heteroatoms. The van der Waals surface area contributed by atoms with Gasteiger partial charge in [0.1, 0.15) is 12.4 Å². The molecule has 0 bridgehead atoms. The zero-order valence-corrected chi connectivity index (χ0v) is 12.6. The summed E-state index contributed by atoms with van der Waals surface area (Å²) in [5, 5.41) is 0. The Kier molecular flexibility index (Phi) is 3.95. The number of carbonyl (C=O) groups excluding carboxylic acids is 1. The summed E-state index contributed by atoms with van der Waals surface area (Å²) in [6, 6.07) is 1.67. The van der Waals surface area contributed by atoms with E-state index < -0.39 is 0 Å². The van der Waals surface area contributed by atoms with Crippen LogP contribution in [0.2, 0.25) is 0 Å². The third-order valence-corrected chi connectivity index (χ3v) is 3.55. The number of hydrogen-bond acceptors (Lipinski definition) is 6. The van der Waals surface area contributed by atoms with Crippen LogP contribution < -0.4 is 9.64 Å². The molecule has 3 rings (SSSR count). The predicted octanol–water partition coefficient (Wildman–Crippen LogP) is 1.43. The molecule has 0 saturated carbocycles. The Labute approximate surface area is 128 Å². The van der Waals surface area contributed by atoms with Crippen LogP contribution in [0.1, 0.15) is 16.8 Å². The minimum absolute atomic E-state index is 0.0343. The van der Waals surface area contributed by atoms with Crippen LogP contribution in [0.25, 0.3) is 0 Å². The molecule has 1 aliphatic heterocycles. The van der Waals surface area contributed by atoms with Gasteiger partial charge in [-0.2, -0.15) is 4.98 Å². The highest BCUT2D eigenvalue weighted by molar-refractivity contribution is 5.94. The van der Waals surface area contributed by atoms with E-state index in [0.717, 1.165) is 12.2 Å². The molecule has 1 aliphatic rings. The molecule has 0 aliphatic carbocycles. The van der Waals surface area contributed by atoms with Crippen molar-refractivity contribution in [1.82, 2.24) is 14.9 Å². The topological polar surface area (TPSA) is 71.7 Å². The lowest BCUT2D eigenvalue weighted by Crippen LogP contribution is -2.30. The first-order chi connectivity index (χ1) is 10.6. The number of rotatable bonds is 4. The van der Waals surface area contributed by atoms with Crippen molar-refractivity contribution >= 4 is 11.7 Å². The van der Waals surface area contributed by atoms with Crippen molar-refractivity contribution in [1.29, 1.82) is 0 Å². The van der Waals surface area contributed by atoms with Crippen LogP contribution in [0.15, 0.2) is 35.4 Å². The Hall–Kier alpha value is -2.57. The number of ether oxygens (including phenoxy) is 1. The molecule has 1 atom stereocenters. The zero-order valence-electron chi connectivity index (χ0n) is 12.6. The van der Waals surface area contributed by atoms with Gasteiger partial charge in [-0.15, -0.1) is 0 Å². The van der Waals surface area contributed by atoms with E-state index in [1.165, 1.54) is 12.5 Å². The fraction of sp³-hybridized carbons (Fsp3) is 0.400. The summed E-state index contributed by atoms with van der Waals surface area (Å²) in [5.41, 5.74) is 0.565. The maximum Gasteiger partial charge on any atom is 0.257 e. The summed E-state index contributed by atoms with van der Waals surface area (Å²) in [5.74, 6) is 1.18. The molecule has 0 radical (unpaired) electrons. The maximum absolute atomic E-state index is 12.2. The maximum atomic E-state index is 12.2. The molecule has 1 saturated heterocycles. The normalized spacial score (nSPS) is 17.5. The van der Waals surface area contributed by atoms with E-state index in [2.05, 4.69) is 9.97 Å². The van der Waals surface area contributed by atoms with Gasteiger partial charge in [-0.1, -0.05) is 0 Å². The predicted molar refractivity (Wildman–Crippen MR) is 80.0 cm³/mol. The van der Waals surface area contributed by atoms with Crippen LogP contribution in [-0.4, -0.2) is 54.1 Å². The van der Waals surface area contributed by atoms with Crippen molar-refractivity contribution in [3.8, 4) is 5.88 Å². The molecule has 0 spiro atoms. The Bertz CT molecular complexity index is 642. The molecule has 1 fully saturated rings. The van der Waals surface area contributed by atoms with Gasteiger partial charge >= 0.3 is 0 Å². The van der Waals surface area contributed by atoms with Crippen molar-refractivity contribution in [2.75, 3.05) is 32.1 Å². The highest BCUT2D eigenvalue weighted by Crippen LogP contribution is 2.19. The smallest absolute Gasteiger partial charge is 0.257 e. The van der Waals surface area contributed by atoms with Crippen molar-refractivity contribution in [3.05, 3.63) is 36.5 Å². The molecule has 0 unspecified atom stereocenters. The molecule has 0 N–H and O–H groups in total. The zero-order chi connectivity index (χ0) is 15.5. The minimum Gasteiger partial charge on any atom is -0.472 e. The van der Waals surface area contributed by atoms with E-state index in [-0.39, 0.29) is 12.0 Å². The molecular formula is C15H18N4O3. The molecule has 1 amide bonds. The number of aromatic nitrogens is 2. The minimum atomic E-state index is -0.0671. The van der Waals surface area contributed by atoms with Gasteiger partial charge in [0.05, 0.1) is 30.8 Å². The van der Waals surface area contributed by atoms with Crippen LogP contribution in [-0.2, 0) is 0 Å². The lowest BCUT2D eigenvalue weighted by molar-refractivity contribution is 0.0770. The van der Waals surface area contributed by atoms with Crippen molar-refractivity contribution in [3.63, 3.8) is 0 Å². The van der Waals surface area contributed by atoms with Crippen molar-refractivity contribution < 1.29 is 13.9 Å². The quantitative estimate of drug-likeness (QED) is 0.851. The van der Waals surface area contributed by atoms with Gasteiger partial charge in [0.2, 0.25) is 5.88 Å². The summed E-state index contributed by atoms with van der Waals surface area (Å²) in [7, 11) is 3.79. The number of furan rings is 1. The van der Waals surface area contributed by atoms with Crippen LogP contribution in [0.4, 0.5) is 5.82 Å². The molecule has 2 aromatic heterocycles. The van der Waals surface area contributed by atoms with Crippen LogP contribution in [0.5, 0.6) is 5.88 Å². The monoisotopic (exact) mass is 302 g/mol. The Morgan fingerprint density at radius 1 is 1.45 bits per heavy atom. The van der Waals surface area contributed by atoms with Gasteiger partial charge in [0, 0.05) is 27.1 Å². The molecule has 0 aromatic carbocycles. The van der Waals surface area contributed by atoms with Gasteiger partial charge in [-0.25, -0.2) is 0 Å². The summed E-state index contributed by atoms with van der Waals surface area (Å²) < 4.78 is 10.8. The summed E-state index contributed by atoms with van der Waals surface area (Å²) in [6.45, 7) is 1.20. The largest absolute Gasteiger partial charge is 0.472 e. The molecule has 3 heterocycles. The number of nitrogens with zero attached hydrogens (tertiary/aromatic N) is 4. The SMILES string of the molecule is CN(C)c1cncc(O[C@@H]2CCN(C(=O)c3ccoc3)C2)n1. The van der Waals surface area contributed by atoms with Crippen LogP contribution in [0.3, 0.4) is 0 Å². The van der Waals surface area contributed by atoms with E-state index in [0.29, 0.717) is 24.5 Å². The van der Waals surface area contributed by atoms with Gasteiger partial charge in [0.15, 0.2) is 5.82 Å². The second kappa shape index (κ2) is 6.05. The summed E-state index contributed by atoms with van der Waals surface area (Å²) in [6.07, 6.45) is 6.94. The third kappa shape index (κ3) is 3.03. The number of anilines is 1. The van der Waals surface area contributed by atoms with E-state index in [4.69, 9.17) is 9.15 Å². The fourth-order valence-corrected chi connectivity index (χ4v) is 2.36. The Morgan fingerprint density at radius 3 is 3.05 bits per heavy atom. The summed E-state index contributed by atoms with van der Waals surface area (Å²) >= 11 is 0. The average molecular weight is 302 g/mol. The first-order valence-corrected chi connectivity index (χ1v) is 7.11. The number of carbonyl (C=O) groups is 1. The van der Waals surface area contributed by atoms with Gasteiger partial charge in [0.25, 0.3) is 5.91 Å². The first kappa shape index (κ1) is 14.4. The number of amides is 1. The van der Waals surface area contributed by atoms with Gasteiger partial charge < -0.3 is 19.0 Å². The van der Waals surface area contributed by atoms with Crippen molar-refractivity contribution in [2.45, 2.75) is 12.5 Å². The second-order valence-electron chi connectivity index (χ2n) is 5.40. The lowest BCUT2D eigenvalue weighted by Gasteiger charge is -2.17. The molecule has 7 nitrogen and oxygen atoms in total. The van der Waals surface area contributed by atoms with Crippen LogP contribution in [0, 0.1) is 0 Å². The molecular weight excluding hydrogens is 284 g/mol. The number of likely N-dealkylation sites (tertiary alicyclic amines) is 1. The second-order valence-corrected chi connectivity index (χ2v) is 5.40. The van der Waals surface area contributed by atoms with E-state index in [9.17, 15) is 4.79 Å². The van der Waals surface area contributed by atoms with Crippen LogP contribution >= 0.6 is 0 Å². The Balaban J connectivity index is 1.61. The highest BCUT2D eigenvalue weighted by Gasteiger charge is 2.29. The first-order valence-electron chi connectivity index (χ1n) is 7.11. The summed E-state index contributed by atoms with van der Waals surface area (Å²) in [4.78, 5) is 24.4. The van der Waals surface area contributed by atoms with Gasteiger partial charge in [-0.3, -0.25) is 9.78 Å². The fourth-order valence-electron chi connectivity index (χ4n) is 2.36. The Morgan fingerprint density at radius 2 is 2.32 bits per heavy atom. The standard InChI is InChI=1S/C15H18N4O3/c1-18(2)13-7-16-8-14(17-13)22-12-3-5-19(9-12)15(20)11-4-6-21-10-11/h4,6-8,10,12H,3,5,9H2,1-2H3/t12-/m1/s1. The van der Waals surface area contributed by atoms with E-state index in [1.807, 2.05) is 19.0 Å². The van der Waals surface area contributed by atoms with Crippen molar-refractivity contribution in [2.24, 2.45) is 0 Å². The molecule has 2 aromatic rings. The van der Waals surface area contributed by atoms with E-state index in [1.54, 1.807) is 23.4 Å².